The molecule has 0 fully saturated rings. The molecule has 3 aromatic carbocycles. The van der Waals surface area contributed by atoms with Crippen molar-refractivity contribution in [1.29, 1.82) is 0 Å². The van der Waals surface area contributed by atoms with E-state index in [0.717, 1.165) is 39.7 Å². The van der Waals surface area contributed by atoms with Gasteiger partial charge in [-0.25, -0.2) is 12.8 Å². The van der Waals surface area contributed by atoms with Gasteiger partial charge in [0.15, 0.2) is 0 Å². The number of nitrogens with zero attached hydrogens (tertiary/aromatic N) is 2. The largest absolute Gasteiger partial charge is 0.354 e. The summed E-state index contributed by atoms with van der Waals surface area (Å²) in [5, 5.41) is 2.86. The van der Waals surface area contributed by atoms with E-state index in [1.54, 1.807) is 37.3 Å². The molecule has 9 heteroatoms. The second-order valence-corrected chi connectivity index (χ2v) is 11.4. The molecule has 0 aliphatic rings. The second kappa shape index (κ2) is 12.7. The van der Waals surface area contributed by atoms with Crippen LogP contribution in [0, 0.1) is 18.7 Å². The van der Waals surface area contributed by atoms with E-state index in [-0.39, 0.29) is 29.0 Å². The first-order chi connectivity index (χ1) is 18.0. The van der Waals surface area contributed by atoms with E-state index in [1.807, 2.05) is 45.0 Å². The van der Waals surface area contributed by atoms with Gasteiger partial charge in [0.2, 0.25) is 11.8 Å². The van der Waals surface area contributed by atoms with E-state index in [1.165, 1.54) is 4.90 Å². The summed E-state index contributed by atoms with van der Waals surface area (Å²) >= 11 is 0. The monoisotopic (exact) mass is 539 g/mol. The first-order valence-corrected chi connectivity index (χ1v) is 13.9. The van der Waals surface area contributed by atoms with Crippen molar-refractivity contribution in [1.82, 2.24) is 10.2 Å². The van der Waals surface area contributed by atoms with Crippen molar-refractivity contribution < 1.29 is 22.4 Å². The molecule has 0 heterocycles. The van der Waals surface area contributed by atoms with Crippen LogP contribution in [0.5, 0.6) is 0 Å². The van der Waals surface area contributed by atoms with Gasteiger partial charge in [0.1, 0.15) is 18.4 Å². The molecule has 0 radical (unpaired) electrons. The minimum atomic E-state index is -4.23. The molecule has 3 aromatic rings. The maximum Gasteiger partial charge on any atom is 0.264 e. The van der Waals surface area contributed by atoms with Crippen molar-refractivity contribution in [3.05, 3.63) is 95.8 Å². The molecule has 0 spiro atoms. The van der Waals surface area contributed by atoms with Crippen LogP contribution in [0.2, 0.25) is 0 Å². The van der Waals surface area contributed by atoms with Crippen LogP contribution in [0.4, 0.5) is 10.1 Å². The van der Waals surface area contributed by atoms with Crippen LogP contribution < -0.4 is 9.62 Å². The number of para-hydroxylation sites is 1. The summed E-state index contributed by atoms with van der Waals surface area (Å²) in [4.78, 5) is 28.1. The zero-order valence-electron chi connectivity index (χ0n) is 22.1. The Morgan fingerprint density at radius 1 is 0.895 bits per heavy atom. The number of amides is 2. The highest BCUT2D eigenvalue weighted by molar-refractivity contribution is 7.92. The number of hydrogen-bond donors (Lipinski definition) is 1. The van der Waals surface area contributed by atoms with Crippen LogP contribution in [0.15, 0.2) is 83.8 Å². The van der Waals surface area contributed by atoms with Gasteiger partial charge in [-0.1, -0.05) is 56.3 Å². The van der Waals surface area contributed by atoms with Crippen LogP contribution in [-0.2, 0) is 26.2 Å². The number of nitrogens with one attached hydrogen (secondary N) is 1. The second-order valence-electron chi connectivity index (χ2n) is 9.56. The maximum absolute atomic E-state index is 13.8. The third-order valence-electron chi connectivity index (χ3n) is 6.18. The maximum atomic E-state index is 13.8. The Labute approximate surface area is 224 Å². The Bertz CT molecular complexity index is 1350. The van der Waals surface area contributed by atoms with Gasteiger partial charge < -0.3 is 10.2 Å². The number of sulfonamides is 1. The van der Waals surface area contributed by atoms with Gasteiger partial charge in [0, 0.05) is 13.1 Å². The lowest BCUT2D eigenvalue weighted by atomic mass is 10.1. The summed E-state index contributed by atoms with van der Waals surface area (Å²) in [6, 6.07) is 19.3. The fourth-order valence-corrected chi connectivity index (χ4v) is 5.28. The molecule has 1 N–H and O–H groups in total. The Morgan fingerprint density at radius 3 is 2.11 bits per heavy atom. The lowest BCUT2D eigenvalue weighted by molar-refractivity contribution is -0.139. The van der Waals surface area contributed by atoms with Gasteiger partial charge in [-0.15, -0.1) is 0 Å². The molecule has 38 heavy (non-hydrogen) atoms. The summed E-state index contributed by atoms with van der Waals surface area (Å²) in [5.41, 5.74) is 2.06. The summed E-state index contributed by atoms with van der Waals surface area (Å²) in [6.07, 6.45) is 0. The van der Waals surface area contributed by atoms with Crippen LogP contribution in [0.3, 0.4) is 0 Å². The third-order valence-corrected chi connectivity index (χ3v) is 7.97. The highest BCUT2D eigenvalue weighted by Crippen LogP contribution is 2.25. The molecule has 202 valence electrons. The van der Waals surface area contributed by atoms with E-state index in [2.05, 4.69) is 5.32 Å². The number of carbonyl (C=O) groups excluding carboxylic acids is 2. The van der Waals surface area contributed by atoms with Crippen LogP contribution in [0.25, 0.3) is 0 Å². The van der Waals surface area contributed by atoms with Crippen molar-refractivity contribution in [2.45, 2.75) is 45.2 Å². The molecule has 0 aromatic heterocycles. The van der Waals surface area contributed by atoms with Crippen molar-refractivity contribution >= 4 is 27.5 Å². The molecule has 0 saturated heterocycles. The molecular formula is C29H34FN3O4S. The lowest BCUT2D eigenvalue weighted by Crippen LogP contribution is -2.51. The van der Waals surface area contributed by atoms with E-state index < -0.39 is 34.3 Å². The van der Waals surface area contributed by atoms with Gasteiger partial charge >= 0.3 is 0 Å². The minimum Gasteiger partial charge on any atom is -0.354 e. The Hall–Kier alpha value is -3.72. The highest BCUT2D eigenvalue weighted by atomic mass is 32.2. The predicted molar refractivity (Wildman–Crippen MR) is 146 cm³/mol. The van der Waals surface area contributed by atoms with Gasteiger partial charge in [-0.2, -0.15) is 0 Å². The molecule has 2 amide bonds. The van der Waals surface area contributed by atoms with Crippen molar-refractivity contribution in [3.8, 4) is 0 Å². The number of hydrogen-bond acceptors (Lipinski definition) is 4. The quantitative estimate of drug-likeness (QED) is 0.388. The molecular weight excluding hydrogens is 505 g/mol. The molecule has 0 bridgehead atoms. The van der Waals surface area contributed by atoms with E-state index in [4.69, 9.17) is 0 Å². The molecule has 0 saturated carbocycles. The number of benzene rings is 3. The number of anilines is 1. The molecule has 3 rings (SSSR count). The molecule has 7 nitrogen and oxygen atoms in total. The normalized spacial score (nSPS) is 12.2. The first kappa shape index (κ1) is 28.8. The van der Waals surface area contributed by atoms with Crippen LogP contribution in [-0.4, -0.2) is 44.3 Å². The van der Waals surface area contributed by atoms with E-state index >= 15 is 0 Å². The molecule has 0 aliphatic carbocycles. The fraction of sp³-hybridized carbons (Fsp3) is 0.310. The molecule has 0 aliphatic heterocycles. The minimum absolute atomic E-state index is 0.126. The highest BCUT2D eigenvalue weighted by Gasteiger charge is 2.32. The zero-order valence-corrected chi connectivity index (χ0v) is 22.9. The zero-order chi connectivity index (χ0) is 27.9. The SMILES string of the molecule is Cc1ccccc1CN(C(=O)CN(c1ccccc1)S(=O)(=O)c1ccc(F)cc1)[C@@H](C)C(=O)NCC(C)C. The number of aryl methyl sites for hydroxylation is 1. The average Bonchev–Trinajstić information content (AvgIpc) is 2.90. The van der Waals surface area contributed by atoms with Crippen molar-refractivity contribution in [2.24, 2.45) is 5.92 Å². The topological polar surface area (TPSA) is 86.8 Å². The van der Waals surface area contributed by atoms with Gasteiger partial charge in [-0.05, 0) is 67.3 Å². The number of halogens is 1. The van der Waals surface area contributed by atoms with Gasteiger partial charge in [0.05, 0.1) is 10.6 Å². The van der Waals surface area contributed by atoms with Gasteiger partial charge in [0.25, 0.3) is 10.0 Å². The van der Waals surface area contributed by atoms with E-state index in [9.17, 15) is 22.4 Å². The Morgan fingerprint density at radius 2 is 1.50 bits per heavy atom. The van der Waals surface area contributed by atoms with Gasteiger partial charge in [-0.3, -0.25) is 13.9 Å². The average molecular weight is 540 g/mol. The van der Waals surface area contributed by atoms with Crippen molar-refractivity contribution in [2.75, 3.05) is 17.4 Å². The lowest BCUT2D eigenvalue weighted by Gasteiger charge is -2.32. The Balaban J connectivity index is 1.99. The number of rotatable bonds is 11. The Kier molecular flexibility index (Phi) is 9.63. The smallest absolute Gasteiger partial charge is 0.264 e. The van der Waals surface area contributed by atoms with Crippen LogP contribution in [0.1, 0.15) is 31.9 Å². The third kappa shape index (κ3) is 7.19. The summed E-state index contributed by atoms with van der Waals surface area (Å²) in [6.45, 7) is 7.52. The number of carbonyl (C=O) groups is 2. The van der Waals surface area contributed by atoms with E-state index in [0.29, 0.717) is 6.54 Å². The molecule has 0 unspecified atom stereocenters. The summed E-state index contributed by atoms with van der Waals surface area (Å²) in [7, 11) is -4.23. The van der Waals surface area contributed by atoms with Crippen molar-refractivity contribution in [3.63, 3.8) is 0 Å². The first-order valence-electron chi connectivity index (χ1n) is 12.5. The standard InChI is InChI=1S/C29H34FN3O4S/c1-21(2)18-31-29(35)23(4)32(19-24-11-9-8-10-22(24)3)28(34)20-33(26-12-6-5-7-13-26)38(36,37)27-16-14-25(30)15-17-27/h5-17,21,23H,18-20H2,1-4H3,(H,31,35)/t23-/m0/s1. The predicted octanol–water partition coefficient (Wildman–Crippen LogP) is 4.52. The summed E-state index contributed by atoms with van der Waals surface area (Å²) < 4.78 is 41.8. The fourth-order valence-electron chi connectivity index (χ4n) is 3.86. The summed E-state index contributed by atoms with van der Waals surface area (Å²) in [5.74, 6) is -1.22. The molecule has 1 atom stereocenters. The van der Waals surface area contributed by atoms with Crippen LogP contribution >= 0.6 is 0 Å².